The minimum atomic E-state index is -4.69. The zero-order valence-corrected chi connectivity index (χ0v) is 14.0. The molecule has 1 heterocycles. The van der Waals surface area contributed by atoms with Crippen LogP contribution in [0, 0.1) is 0 Å². The van der Waals surface area contributed by atoms with Gasteiger partial charge in [-0.05, 0) is 23.8 Å². The van der Waals surface area contributed by atoms with Crippen molar-refractivity contribution < 1.29 is 26.3 Å². The van der Waals surface area contributed by atoms with Gasteiger partial charge in [-0.2, -0.15) is 26.3 Å². The van der Waals surface area contributed by atoms with Crippen molar-refractivity contribution >= 4 is 28.3 Å². The fraction of sp³-hybridized carbons (Fsp3) is 0.538. The fourth-order valence-electron chi connectivity index (χ4n) is 2.45. The Kier molecular flexibility index (Phi) is 6.77. The topological polar surface area (TPSA) is 15.3 Å². The molecule has 1 aliphatic heterocycles. The Balaban J connectivity index is 0.00000264. The van der Waals surface area contributed by atoms with Gasteiger partial charge in [0.15, 0.2) is 0 Å². The largest absolute Gasteiger partial charge is 0.416 e. The predicted octanol–water partition coefficient (Wildman–Crippen LogP) is 4.40. The van der Waals surface area contributed by atoms with Crippen molar-refractivity contribution in [3.63, 3.8) is 0 Å². The summed E-state index contributed by atoms with van der Waals surface area (Å²) in [6.45, 7) is 0.964. The van der Waals surface area contributed by atoms with Gasteiger partial charge in [0.2, 0.25) is 0 Å². The van der Waals surface area contributed by atoms with E-state index < -0.39 is 29.5 Å². The van der Waals surface area contributed by atoms with Crippen LogP contribution >= 0.6 is 28.3 Å². The Morgan fingerprint density at radius 2 is 1.61 bits per heavy atom. The third-order valence-corrected chi connectivity index (χ3v) is 4.17. The van der Waals surface area contributed by atoms with Gasteiger partial charge in [0.05, 0.1) is 5.56 Å². The van der Waals surface area contributed by atoms with Gasteiger partial charge >= 0.3 is 12.4 Å². The lowest BCUT2D eigenvalue weighted by molar-refractivity contribution is -0.188. The second-order valence-electron chi connectivity index (χ2n) is 4.96. The molecule has 0 unspecified atom stereocenters. The third kappa shape index (κ3) is 4.98. The molecule has 0 spiro atoms. The highest BCUT2D eigenvalue weighted by molar-refractivity contribution is 9.10. The van der Waals surface area contributed by atoms with Crippen LogP contribution in [-0.4, -0.2) is 37.3 Å². The van der Waals surface area contributed by atoms with E-state index in [4.69, 9.17) is 0 Å². The summed E-state index contributed by atoms with van der Waals surface area (Å²) in [4.78, 5) is 1.15. The van der Waals surface area contributed by atoms with E-state index >= 15 is 0 Å². The van der Waals surface area contributed by atoms with Crippen molar-refractivity contribution in [3.05, 3.63) is 33.8 Å². The predicted molar refractivity (Wildman–Crippen MR) is 79.6 cm³/mol. The smallest absolute Gasteiger partial charge is 0.314 e. The summed E-state index contributed by atoms with van der Waals surface area (Å²) in [5.41, 5.74) is -1.50. The average Bonchev–Trinajstić information content (AvgIpc) is 2.39. The molecule has 1 aromatic rings. The Bertz CT molecular complexity index is 528. The number of halogens is 8. The van der Waals surface area contributed by atoms with Crippen molar-refractivity contribution in [1.82, 2.24) is 10.2 Å². The molecule has 1 saturated heterocycles. The summed E-state index contributed by atoms with van der Waals surface area (Å²) in [6, 6.07) is 0.286. The van der Waals surface area contributed by atoms with E-state index in [0.29, 0.717) is 19.2 Å². The first-order valence-corrected chi connectivity index (χ1v) is 7.28. The number of hydrogen-bond donors (Lipinski definition) is 1. The highest BCUT2D eigenvalue weighted by Crippen LogP contribution is 2.42. The maximum Gasteiger partial charge on any atom is 0.416 e. The van der Waals surface area contributed by atoms with Crippen molar-refractivity contribution in [2.24, 2.45) is 0 Å². The molecule has 2 rings (SSSR count). The summed E-state index contributed by atoms with van der Waals surface area (Å²) in [5, 5.41) is 2.92. The van der Waals surface area contributed by atoms with E-state index in [1.54, 1.807) is 0 Å². The molecule has 0 bridgehead atoms. The Morgan fingerprint density at radius 3 is 2.09 bits per heavy atom. The zero-order valence-electron chi connectivity index (χ0n) is 11.6. The lowest BCUT2D eigenvalue weighted by atomic mass is 10.0. The normalized spacial score (nSPS) is 18.4. The summed E-state index contributed by atoms with van der Waals surface area (Å²) in [6.07, 6.45) is -9.35. The van der Waals surface area contributed by atoms with Crippen LogP contribution in [0.3, 0.4) is 0 Å². The molecule has 1 aliphatic rings. The second kappa shape index (κ2) is 7.58. The third-order valence-electron chi connectivity index (χ3n) is 3.44. The molecule has 0 amide bonds. The monoisotopic (exact) mass is 426 g/mol. The van der Waals surface area contributed by atoms with E-state index in [1.165, 1.54) is 0 Å². The van der Waals surface area contributed by atoms with E-state index in [2.05, 4.69) is 21.2 Å². The molecule has 23 heavy (non-hydrogen) atoms. The van der Waals surface area contributed by atoms with Crippen LogP contribution in [0.1, 0.15) is 17.2 Å². The molecule has 1 aromatic carbocycles. The zero-order chi connectivity index (χ0) is 16.5. The van der Waals surface area contributed by atoms with Crippen LogP contribution in [-0.2, 0) is 6.18 Å². The number of alkyl halides is 6. The lowest BCUT2D eigenvalue weighted by Gasteiger charge is -2.36. The minimum Gasteiger partial charge on any atom is -0.314 e. The number of piperazine rings is 1. The van der Waals surface area contributed by atoms with Crippen LogP contribution in [0.5, 0.6) is 0 Å². The SMILES string of the molecule is Cl.FC(F)(F)c1ccc(Br)c([C@H](N2CCNCC2)C(F)(F)F)c1. The molecule has 132 valence electrons. The van der Waals surface area contributed by atoms with Gasteiger partial charge in [-0.25, -0.2) is 0 Å². The molecule has 0 aliphatic carbocycles. The molecule has 1 atom stereocenters. The Morgan fingerprint density at radius 1 is 1.04 bits per heavy atom. The van der Waals surface area contributed by atoms with E-state index in [9.17, 15) is 26.3 Å². The first kappa shape index (κ1) is 20.5. The maximum atomic E-state index is 13.4. The van der Waals surface area contributed by atoms with Gasteiger partial charge in [0.1, 0.15) is 6.04 Å². The lowest BCUT2D eigenvalue weighted by Crippen LogP contribution is -2.49. The summed E-state index contributed by atoms with van der Waals surface area (Å²) in [5.74, 6) is 0. The molecular formula is C13H14BrClF6N2. The molecule has 0 radical (unpaired) electrons. The number of hydrogen-bond acceptors (Lipinski definition) is 2. The van der Waals surface area contributed by atoms with Crippen molar-refractivity contribution in [2.45, 2.75) is 18.4 Å². The van der Waals surface area contributed by atoms with Crippen molar-refractivity contribution in [3.8, 4) is 0 Å². The van der Waals surface area contributed by atoms with Gasteiger partial charge in [-0.3, -0.25) is 4.90 Å². The van der Waals surface area contributed by atoms with E-state index in [0.717, 1.165) is 17.0 Å². The fourth-order valence-corrected chi connectivity index (χ4v) is 2.91. The second-order valence-corrected chi connectivity index (χ2v) is 5.82. The van der Waals surface area contributed by atoms with Gasteiger partial charge in [-0.15, -0.1) is 12.4 Å². The van der Waals surface area contributed by atoms with E-state index in [1.807, 2.05) is 0 Å². The van der Waals surface area contributed by atoms with Crippen molar-refractivity contribution in [2.75, 3.05) is 26.2 Å². The van der Waals surface area contributed by atoms with Gasteiger partial charge in [-0.1, -0.05) is 15.9 Å². The van der Waals surface area contributed by atoms with Crippen LogP contribution in [0.15, 0.2) is 22.7 Å². The van der Waals surface area contributed by atoms with E-state index in [-0.39, 0.29) is 30.0 Å². The minimum absolute atomic E-state index is 0. The van der Waals surface area contributed by atoms with Crippen LogP contribution in [0.4, 0.5) is 26.3 Å². The number of benzene rings is 1. The molecule has 1 fully saturated rings. The molecular weight excluding hydrogens is 414 g/mol. The summed E-state index contributed by atoms with van der Waals surface area (Å²) < 4.78 is 78.7. The summed E-state index contributed by atoms with van der Waals surface area (Å²) in [7, 11) is 0. The standard InChI is InChI=1S/C13H13BrF6N2.ClH/c14-10-2-1-8(12(15,16)17)7-9(10)11(13(18,19)20)22-5-3-21-4-6-22;/h1-2,7,11,21H,3-6H2;1H/t11-;/m0./s1. The van der Waals surface area contributed by atoms with Gasteiger partial charge in [0.25, 0.3) is 0 Å². The van der Waals surface area contributed by atoms with Gasteiger partial charge in [0, 0.05) is 30.7 Å². The first-order valence-electron chi connectivity index (χ1n) is 6.49. The quantitative estimate of drug-likeness (QED) is 0.704. The Hall–Kier alpha value is -0.510. The maximum absolute atomic E-state index is 13.4. The highest BCUT2D eigenvalue weighted by Gasteiger charge is 2.46. The molecule has 2 nitrogen and oxygen atoms in total. The molecule has 1 N–H and O–H groups in total. The van der Waals surface area contributed by atoms with Crippen molar-refractivity contribution in [1.29, 1.82) is 0 Å². The van der Waals surface area contributed by atoms with Crippen LogP contribution in [0.25, 0.3) is 0 Å². The van der Waals surface area contributed by atoms with Gasteiger partial charge < -0.3 is 5.32 Å². The van der Waals surface area contributed by atoms with Crippen LogP contribution in [0.2, 0.25) is 0 Å². The molecule has 0 aromatic heterocycles. The first-order chi connectivity index (χ1) is 10.1. The van der Waals surface area contributed by atoms with Crippen LogP contribution < -0.4 is 5.32 Å². The Labute approximate surface area is 143 Å². The molecule has 0 saturated carbocycles. The average molecular weight is 428 g/mol. The number of nitrogens with zero attached hydrogens (tertiary/aromatic N) is 1. The summed E-state index contributed by atoms with van der Waals surface area (Å²) >= 11 is 2.95. The molecule has 10 heteroatoms. The number of nitrogens with one attached hydrogen (secondary N) is 1. The highest BCUT2D eigenvalue weighted by atomic mass is 79.9. The number of rotatable bonds is 2.